The Kier molecular flexibility index (Phi) is 8.58. The van der Waals surface area contributed by atoms with Crippen molar-refractivity contribution < 1.29 is 29.0 Å². The minimum absolute atomic E-state index is 0.0442. The van der Waals surface area contributed by atoms with Crippen LogP contribution in [0.3, 0.4) is 0 Å². The molecular weight excluding hydrogens is 352 g/mol. The average molecular weight is 380 g/mol. The lowest BCUT2D eigenvalue weighted by Crippen LogP contribution is -2.62. The summed E-state index contributed by atoms with van der Waals surface area (Å²) in [5.74, 6) is 1.41. The van der Waals surface area contributed by atoms with Gasteiger partial charge in [0.1, 0.15) is 30.2 Å². The van der Waals surface area contributed by atoms with Gasteiger partial charge in [0.05, 0.1) is 12.6 Å². The van der Waals surface area contributed by atoms with Crippen molar-refractivity contribution in [2.75, 3.05) is 20.2 Å². The first-order valence-corrected chi connectivity index (χ1v) is 8.77. The Hall–Kier alpha value is -2.77. The summed E-state index contributed by atoms with van der Waals surface area (Å²) in [5.41, 5.74) is 0. The summed E-state index contributed by atoms with van der Waals surface area (Å²) < 4.78 is 11.3. The molecular formula is C19H28N2O6. The fourth-order valence-electron chi connectivity index (χ4n) is 2.67. The van der Waals surface area contributed by atoms with Crippen molar-refractivity contribution in [1.29, 1.82) is 0 Å². The Morgan fingerprint density at radius 3 is 2.11 bits per heavy atom. The fraction of sp³-hybridized carbons (Fsp3) is 0.526. The molecule has 0 aromatic heterocycles. The molecule has 1 aromatic rings. The molecule has 1 aromatic carbocycles. The van der Waals surface area contributed by atoms with E-state index in [1.807, 2.05) is 38.1 Å². The minimum Gasteiger partial charge on any atom is -0.492 e. The van der Waals surface area contributed by atoms with Crippen LogP contribution >= 0.6 is 0 Å². The van der Waals surface area contributed by atoms with Gasteiger partial charge >= 0.3 is 0 Å². The second-order valence-corrected chi connectivity index (χ2v) is 6.42. The standard InChI is InChI=1S/C18H26N2O4.CH2O2/c1-12(2)24-16-8-6-15(7-9-16)23-11-10-20-14(4)17(21)19(5)13(3)18(20)22;2-1-3/h6-9,12-14H,10-11H2,1-5H3;1H,(H,2,3)/t13-,14-;/m0./s1. The predicted molar refractivity (Wildman–Crippen MR) is 99.8 cm³/mol. The fourth-order valence-corrected chi connectivity index (χ4v) is 2.67. The summed E-state index contributed by atoms with van der Waals surface area (Å²) in [6.07, 6.45) is 0.126. The maximum Gasteiger partial charge on any atom is 0.290 e. The van der Waals surface area contributed by atoms with Crippen molar-refractivity contribution in [3.63, 3.8) is 0 Å². The number of nitrogens with zero attached hydrogens (tertiary/aromatic N) is 2. The largest absolute Gasteiger partial charge is 0.492 e. The summed E-state index contributed by atoms with van der Waals surface area (Å²) >= 11 is 0. The van der Waals surface area contributed by atoms with Crippen molar-refractivity contribution in [3.8, 4) is 11.5 Å². The monoisotopic (exact) mass is 380 g/mol. The molecule has 1 fully saturated rings. The lowest BCUT2D eigenvalue weighted by atomic mass is 10.1. The molecule has 0 aliphatic carbocycles. The van der Waals surface area contributed by atoms with Crippen molar-refractivity contribution in [2.45, 2.75) is 45.9 Å². The van der Waals surface area contributed by atoms with E-state index >= 15 is 0 Å². The molecule has 8 nitrogen and oxygen atoms in total. The molecule has 8 heteroatoms. The summed E-state index contributed by atoms with van der Waals surface area (Å²) in [6.45, 7) is 7.91. The smallest absolute Gasteiger partial charge is 0.290 e. The molecule has 2 rings (SSSR count). The van der Waals surface area contributed by atoms with E-state index in [1.165, 1.54) is 4.90 Å². The molecule has 27 heavy (non-hydrogen) atoms. The van der Waals surface area contributed by atoms with Gasteiger partial charge in [-0.3, -0.25) is 14.4 Å². The molecule has 0 radical (unpaired) electrons. The van der Waals surface area contributed by atoms with E-state index in [1.54, 1.807) is 25.8 Å². The Morgan fingerprint density at radius 2 is 1.59 bits per heavy atom. The SMILES string of the molecule is CC(C)Oc1ccc(OCCN2C(=O)[C@H](C)N(C)C(=O)[C@@H]2C)cc1.O=CO. The molecule has 0 bridgehead atoms. The topological polar surface area (TPSA) is 96.4 Å². The molecule has 150 valence electrons. The predicted octanol–water partition coefficient (Wildman–Crippen LogP) is 1.63. The van der Waals surface area contributed by atoms with E-state index < -0.39 is 12.1 Å². The number of likely N-dealkylation sites (N-methyl/N-ethyl adjacent to an activating group) is 1. The number of amides is 2. The Labute approximate surface area is 159 Å². The van der Waals surface area contributed by atoms with E-state index in [0.717, 1.165) is 5.75 Å². The molecule has 2 atom stereocenters. The van der Waals surface area contributed by atoms with Crippen LogP contribution < -0.4 is 9.47 Å². The maximum atomic E-state index is 12.3. The lowest BCUT2D eigenvalue weighted by molar-refractivity contribution is -0.158. The third kappa shape index (κ3) is 6.16. The first kappa shape index (κ1) is 22.3. The minimum atomic E-state index is -0.455. The summed E-state index contributed by atoms with van der Waals surface area (Å²) in [7, 11) is 1.66. The summed E-state index contributed by atoms with van der Waals surface area (Å²) in [4.78, 5) is 35.9. The van der Waals surface area contributed by atoms with Gasteiger partial charge in [0.2, 0.25) is 11.8 Å². The van der Waals surface area contributed by atoms with E-state index in [2.05, 4.69) is 0 Å². The van der Waals surface area contributed by atoms with E-state index in [4.69, 9.17) is 19.4 Å². The number of rotatable bonds is 6. The average Bonchev–Trinajstić information content (AvgIpc) is 2.63. The number of hydrogen-bond acceptors (Lipinski definition) is 5. The van der Waals surface area contributed by atoms with E-state index in [9.17, 15) is 9.59 Å². The van der Waals surface area contributed by atoms with Crippen LogP contribution in [0.1, 0.15) is 27.7 Å². The first-order valence-electron chi connectivity index (χ1n) is 8.77. The summed E-state index contributed by atoms with van der Waals surface area (Å²) in [6, 6.07) is 6.49. The van der Waals surface area contributed by atoms with Crippen LogP contribution in [0.5, 0.6) is 11.5 Å². The number of benzene rings is 1. The molecule has 2 amide bonds. The number of piperazine rings is 1. The molecule has 1 saturated heterocycles. The molecule has 0 saturated carbocycles. The van der Waals surface area contributed by atoms with E-state index in [0.29, 0.717) is 18.9 Å². The summed E-state index contributed by atoms with van der Waals surface area (Å²) in [5, 5.41) is 6.89. The Bertz CT molecular complexity index is 632. The number of carbonyl (C=O) groups is 3. The molecule has 1 aliphatic heterocycles. The third-order valence-corrected chi connectivity index (χ3v) is 4.19. The highest BCUT2D eigenvalue weighted by molar-refractivity contribution is 5.96. The van der Waals surface area contributed by atoms with Crippen molar-refractivity contribution in [3.05, 3.63) is 24.3 Å². The highest BCUT2D eigenvalue weighted by atomic mass is 16.5. The van der Waals surface area contributed by atoms with Crippen LogP contribution in [0.2, 0.25) is 0 Å². The second kappa shape index (κ2) is 10.4. The van der Waals surface area contributed by atoms with Gasteiger partial charge in [0.25, 0.3) is 6.47 Å². The van der Waals surface area contributed by atoms with Gasteiger partial charge in [0, 0.05) is 7.05 Å². The van der Waals surface area contributed by atoms with Gasteiger partial charge in [-0.15, -0.1) is 0 Å². The van der Waals surface area contributed by atoms with Gasteiger partial charge in [-0.05, 0) is 52.0 Å². The zero-order valence-corrected chi connectivity index (χ0v) is 16.4. The second-order valence-electron chi connectivity index (χ2n) is 6.42. The maximum absolute atomic E-state index is 12.3. The van der Waals surface area contributed by atoms with E-state index in [-0.39, 0.29) is 24.4 Å². The first-order chi connectivity index (χ1) is 12.7. The molecule has 0 unspecified atom stereocenters. The Morgan fingerprint density at radius 1 is 1.07 bits per heavy atom. The van der Waals surface area contributed by atoms with Gasteiger partial charge in [-0.25, -0.2) is 0 Å². The van der Waals surface area contributed by atoms with Gasteiger partial charge in [-0.2, -0.15) is 0 Å². The lowest BCUT2D eigenvalue weighted by Gasteiger charge is -2.40. The quantitative estimate of drug-likeness (QED) is 0.754. The van der Waals surface area contributed by atoms with Crippen LogP contribution in [-0.2, 0) is 14.4 Å². The molecule has 1 aliphatic rings. The normalized spacial score (nSPS) is 19.5. The molecule has 0 spiro atoms. The number of carboxylic acid groups (broad SMARTS) is 1. The zero-order chi connectivity index (χ0) is 20.6. The van der Waals surface area contributed by atoms with Crippen LogP contribution in [0.25, 0.3) is 0 Å². The van der Waals surface area contributed by atoms with Gasteiger partial charge in [0.15, 0.2) is 0 Å². The van der Waals surface area contributed by atoms with Crippen LogP contribution in [-0.4, -0.2) is 71.6 Å². The van der Waals surface area contributed by atoms with Gasteiger partial charge in [-0.1, -0.05) is 0 Å². The van der Waals surface area contributed by atoms with Crippen molar-refractivity contribution in [2.24, 2.45) is 0 Å². The van der Waals surface area contributed by atoms with Crippen molar-refractivity contribution in [1.82, 2.24) is 9.80 Å². The van der Waals surface area contributed by atoms with Crippen LogP contribution in [0.4, 0.5) is 0 Å². The van der Waals surface area contributed by atoms with Crippen LogP contribution in [0.15, 0.2) is 24.3 Å². The number of ether oxygens (including phenoxy) is 2. The molecule has 1 heterocycles. The molecule has 1 N–H and O–H groups in total. The number of carbonyl (C=O) groups excluding carboxylic acids is 2. The number of hydrogen-bond donors (Lipinski definition) is 1. The Balaban J connectivity index is 0.00000114. The third-order valence-electron chi connectivity index (χ3n) is 4.19. The van der Waals surface area contributed by atoms with Crippen molar-refractivity contribution >= 4 is 18.3 Å². The van der Waals surface area contributed by atoms with Gasteiger partial charge < -0.3 is 24.4 Å². The van der Waals surface area contributed by atoms with Crippen LogP contribution in [0, 0.1) is 0 Å². The highest BCUT2D eigenvalue weighted by Crippen LogP contribution is 2.19. The zero-order valence-electron chi connectivity index (χ0n) is 16.4. The highest BCUT2D eigenvalue weighted by Gasteiger charge is 2.39.